The second-order valence-corrected chi connectivity index (χ2v) is 4.84. The molecule has 0 heterocycles. The van der Waals surface area contributed by atoms with E-state index in [2.05, 4.69) is 19.2 Å². The van der Waals surface area contributed by atoms with Crippen LogP contribution in [0, 0.1) is 5.92 Å². The van der Waals surface area contributed by atoms with Crippen LogP contribution in [0.25, 0.3) is 0 Å². The van der Waals surface area contributed by atoms with Crippen molar-refractivity contribution in [3.8, 4) is 5.75 Å². The summed E-state index contributed by atoms with van der Waals surface area (Å²) in [6.45, 7) is 4.69. The maximum atomic E-state index is 11.9. The van der Waals surface area contributed by atoms with Crippen molar-refractivity contribution in [2.24, 2.45) is 11.7 Å². The van der Waals surface area contributed by atoms with E-state index in [-0.39, 0.29) is 24.1 Å². The van der Waals surface area contributed by atoms with Crippen molar-refractivity contribution in [1.82, 2.24) is 5.32 Å². The van der Waals surface area contributed by atoms with Gasteiger partial charge in [0.05, 0.1) is 6.42 Å². The number of hydrogen-bond donors (Lipinski definition) is 3. The second kappa shape index (κ2) is 7.01. The molecule has 0 aromatic heterocycles. The number of amides is 1. The number of phenolic OH excluding ortho intramolecular Hbond substituents is 1. The van der Waals surface area contributed by atoms with Crippen LogP contribution in [0.1, 0.15) is 25.8 Å². The number of hydrogen-bond acceptors (Lipinski definition) is 3. The zero-order valence-corrected chi connectivity index (χ0v) is 11.0. The fraction of sp³-hybridized carbons (Fsp3) is 0.500. The molecular formula is C14H22N2O2. The molecule has 0 fully saturated rings. The average Bonchev–Trinajstić information content (AvgIpc) is 2.28. The lowest BCUT2D eigenvalue weighted by molar-refractivity contribution is -0.121. The largest absolute Gasteiger partial charge is 0.508 e. The van der Waals surface area contributed by atoms with Gasteiger partial charge in [-0.1, -0.05) is 26.0 Å². The van der Waals surface area contributed by atoms with Crippen LogP contribution in [-0.2, 0) is 11.2 Å². The Morgan fingerprint density at radius 2 is 2.17 bits per heavy atom. The lowest BCUT2D eigenvalue weighted by atomic mass is 10.0. The molecule has 0 aliphatic rings. The van der Waals surface area contributed by atoms with Gasteiger partial charge >= 0.3 is 0 Å². The predicted octanol–water partition coefficient (Wildman–Crippen LogP) is 1.42. The molecule has 1 amide bonds. The van der Waals surface area contributed by atoms with Crippen LogP contribution in [0.5, 0.6) is 5.75 Å². The summed E-state index contributed by atoms with van der Waals surface area (Å²) in [6.07, 6.45) is 1.06. The van der Waals surface area contributed by atoms with Gasteiger partial charge in [0.2, 0.25) is 5.91 Å². The van der Waals surface area contributed by atoms with Crippen molar-refractivity contribution < 1.29 is 9.90 Å². The Bertz CT molecular complexity index is 391. The van der Waals surface area contributed by atoms with Crippen LogP contribution in [0.4, 0.5) is 0 Å². The van der Waals surface area contributed by atoms with E-state index < -0.39 is 0 Å². The highest BCUT2D eigenvalue weighted by Gasteiger charge is 2.15. The number of benzene rings is 1. The average molecular weight is 250 g/mol. The quantitative estimate of drug-likeness (QED) is 0.715. The highest BCUT2D eigenvalue weighted by atomic mass is 16.3. The Hall–Kier alpha value is -1.55. The van der Waals surface area contributed by atoms with Crippen molar-refractivity contribution in [1.29, 1.82) is 0 Å². The Balaban J connectivity index is 2.55. The number of nitrogens with one attached hydrogen (secondary N) is 1. The molecule has 0 aliphatic carbocycles. The fourth-order valence-corrected chi connectivity index (χ4v) is 1.86. The molecule has 1 unspecified atom stereocenters. The third-order valence-corrected chi connectivity index (χ3v) is 2.90. The van der Waals surface area contributed by atoms with E-state index in [1.807, 2.05) is 6.07 Å². The summed E-state index contributed by atoms with van der Waals surface area (Å²) in [5, 5.41) is 12.3. The van der Waals surface area contributed by atoms with Gasteiger partial charge < -0.3 is 16.2 Å². The third-order valence-electron chi connectivity index (χ3n) is 2.90. The Labute approximate surface area is 108 Å². The number of rotatable bonds is 6. The minimum absolute atomic E-state index is 0.0345. The van der Waals surface area contributed by atoms with Crippen molar-refractivity contribution in [2.75, 3.05) is 6.54 Å². The summed E-state index contributed by atoms with van der Waals surface area (Å²) in [6, 6.07) is 6.86. The summed E-state index contributed by atoms with van der Waals surface area (Å²) in [5.41, 5.74) is 6.34. The molecule has 0 bridgehead atoms. The number of carbonyl (C=O) groups is 1. The van der Waals surface area contributed by atoms with Crippen LogP contribution >= 0.6 is 0 Å². The first-order chi connectivity index (χ1) is 8.52. The lowest BCUT2D eigenvalue weighted by Gasteiger charge is -2.21. The summed E-state index contributed by atoms with van der Waals surface area (Å²) in [5.74, 6) is 0.511. The second-order valence-electron chi connectivity index (χ2n) is 4.84. The molecule has 0 aliphatic heterocycles. The van der Waals surface area contributed by atoms with Crippen LogP contribution < -0.4 is 11.1 Å². The molecule has 4 heteroatoms. The molecule has 18 heavy (non-hydrogen) atoms. The number of phenols is 1. The first-order valence-electron chi connectivity index (χ1n) is 6.30. The van der Waals surface area contributed by atoms with E-state index in [0.717, 1.165) is 12.0 Å². The van der Waals surface area contributed by atoms with Gasteiger partial charge in [-0.3, -0.25) is 4.79 Å². The number of nitrogens with two attached hydrogens (primary N) is 1. The van der Waals surface area contributed by atoms with Gasteiger partial charge in [0.1, 0.15) is 5.75 Å². The monoisotopic (exact) mass is 250 g/mol. The van der Waals surface area contributed by atoms with E-state index in [1.54, 1.807) is 18.2 Å². The molecule has 0 saturated carbocycles. The van der Waals surface area contributed by atoms with E-state index in [4.69, 9.17) is 5.73 Å². The molecule has 1 atom stereocenters. The summed E-state index contributed by atoms with van der Waals surface area (Å²) < 4.78 is 0. The highest BCUT2D eigenvalue weighted by Crippen LogP contribution is 2.12. The van der Waals surface area contributed by atoms with Gasteiger partial charge in [-0.15, -0.1) is 0 Å². The maximum absolute atomic E-state index is 11.9. The predicted molar refractivity (Wildman–Crippen MR) is 72.3 cm³/mol. The Kier molecular flexibility index (Phi) is 5.65. The maximum Gasteiger partial charge on any atom is 0.224 e. The molecule has 0 radical (unpaired) electrons. The van der Waals surface area contributed by atoms with Gasteiger partial charge in [0.15, 0.2) is 0 Å². The Morgan fingerprint density at radius 3 is 2.72 bits per heavy atom. The smallest absolute Gasteiger partial charge is 0.224 e. The van der Waals surface area contributed by atoms with Crippen molar-refractivity contribution in [2.45, 2.75) is 32.7 Å². The number of carbonyl (C=O) groups excluding carboxylic acids is 1. The molecule has 1 rings (SSSR count). The summed E-state index contributed by atoms with van der Waals surface area (Å²) in [4.78, 5) is 11.9. The van der Waals surface area contributed by atoms with Crippen LogP contribution in [0.3, 0.4) is 0 Å². The van der Waals surface area contributed by atoms with Crippen molar-refractivity contribution in [3.05, 3.63) is 29.8 Å². The zero-order chi connectivity index (χ0) is 13.5. The van der Waals surface area contributed by atoms with E-state index >= 15 is 0 Å². The van der Waals surface area contributed by atoms with Gasteiger partial charge in [-0.2, -0.15) is 0 Å². The third kappa shape index (κ3) is 4.75. The summed E-state index contributed by atoms with van der Waals surface area (Å²) >= 11 is 0. The van der Waals surface area contributed by atoms with E-state index in [1.165, 1.54) is 0 Å². The molecular weight excluding hydrogens is 228 g/mol. The first kappa shape index (κ1) is 14.5. The number of aromatic hydroxyl groups is 1. The Morgan fingerprint density at radius 1 is 1.44 bits per heavy atom. The highest BCUT2D eigenvalue weighted by molar-refractivity contribution is 5.79. The minimum Gasteiger partial charge on any atom is -0.508 e. The zero-order valence-electron chi connectivity index (χ0n) is 11.0. The van der Waals surface area contributed by atoms with Gasteiger partial charge in [0, 0.05) is 6.04 Å². The SMILES string of the molecule is CC(C)C(CCN)NC(=O)Cc1cccc(O)c1. The van der Waals surface area contributed by atoms with Gasteiger partial charge in [0.25, 0.3) is 0 Å². The van der Waals surface area contributed by atoms with E-state index in [9.17, 15) is 9.90 Å². The van der Waals surface area contributed by atoms with Crippen molar-refractivity contribution >= 4 is 5.91 Å². The van der Waals surface area contributed by atoms with Crippen LogP contribution in [0.2, 0.25) is 0 Å². The fourth-order valence-electron chi connectivity index (χ4n) is 1.86. The van der Waals surface area contributed by atoms with E-state index in [0.29, 0.717) is 12.5 Å². The molecule has 0 spiro atoms. The lowest BCUT2D eigenvalue weighted by Crippen LogP contribution is -2.40. The van der Waals surface area contributed by atoms with Gasteiger partial charge in [-0.05, 0) is 36.6 Å². The standard InChI is InChI=1S/C14H22N2O2/c1-10(2)13(6-7-15)16-14(18)9-11-4-3-5-12(17)8-11/h3-5,8,10,13,17H,6-7,9,15H2,1-2H3,(H,16,18). The van der Waals surface area contributed by atoms with Crippen LogP contribution in [0.15, 0.2) is 24.3 Å². The topological polar surface area (TPSA) is 75.3 Å². The summed E-state index contributed by atoms with van der Waals surface area (Å²) in [7, 11) is 0. The van der Waals surface area contributed by atoms with Gasteiger partial charge in [-0.25, -0.2) is 0 Å². The molecule has 4 nitrogen and oxygen atoms in total. The molecule has 0 saturated heterocycles. The van der Waals surface area contributed by atoms with Crippen molar-refractivity contribution in [3.63, 3.8) is 0 Å². The van der Waals surface area contributed by atoms with Crippen LogP contribution in [-0.4, -0.2) is 23.6 Å². The normalized spacial score (nSPS) is 12.4. The molecule has 100 valence electrons. The molecule has 4 N–H and O–H groups in total. The first-order valence-corrected chi connectivity index (χ1v) is 6.30. The molecule has 1 aromatic carbocycles. The minimum atomic E-state index is -0.0345. The molecule has 1 aromatic rings.